The average Bonchev–Trinajstić information content (AvgIpc) is 3.13. The Morgan fingerprint density at radius 1 is 1.34 bits per heavy atom. The summed E-state index contributed by atoms with van der Waals surface area (Å²) in [4.78, 5) is 26.6. The molecule has 35 heavy (non-hydrogen) atoms. The Labute approximate surface area is 215 Å². The summed E-state index contributed by atoms with van der Waals surface area (Å²) in [7, 11) is 0. The molecule has 3 heterocycles. The van der Waals surface area contributed by atoms with Crippen LogP contribution in [0, 0.1) is 11.3 Å². The van der Waals surface area contributed by atoms with Crippen LogP contribution in [0.3, 0.4) is 0 Å². The van der Waals surface area contributed by atoms with Crippen LogP contribution in [0.25, 0.3) is 11.2 Å². The van der Waals surface area contributed by atoms with Gasteiger partial charge in [0, 0.05) is 16.9 Å². The Balaban J connectivity index is 1.36. The second kappa shape index (κ2) is 8.12. The molecule has 3 aliphatic rings. The number of hydrogen-bond donors (Lipinski definition) is 1. The van der Waals surface area contributed by atoms with Crippen molar-refractivity contribution in [1.82, 2.24) is 19.5 Å². The summed E-state index contributed by atoms with van der Waals surface area (Å²) < 4.78 is 21.0. The van der Waals surface area contributed by atoms with Crippen molar-refractivity contribution >= 4 is 50.5 Å². The van der Waals surface area contributed by atoms with Crippen LogP contribution in [0.4, 0.5) is 5.82 Å². The third-order valence-electron chi connectivity index (χ3n) is 7.16. The van der Waals surface area contributed by atoms with Crippen LogP contribution >= 0.6 is 27.5 Å². The number of carbonyl (C=O) groups excluding carboxylic acids is 1. The molecule has 2 aromatic heterocycles. The van der Waals surface area contributed by atoms with E-state index in [2.05, 4.69) is 36.2 Å². The number of fused-ring (bicyclic) bond motifs is 4. The minimum Gasteiger partial charge on any atom is -0.465 e. The van der Waals surface area contributed by atoms with Crippen LogP contribution in [0.1, 0.15) is 38.8 Å². The molecule has 0 unspecified atom stereocenters. The second-order valence-electron chi connectivity index (χ2n) is 9.73. The lowest BCUT2D eigenvalue weighted by atomic mass is 9.99. The molecule has 1 aliphatic heterocycles. The molecule has 6 rings (SSSR count). The molecule has 9 nitrogen and oxygen atoms in total. The maximum Gasteiger partial charge on any atom is 0.315 e. The standard InChI is InChI=1S/C24H25BrClN5O4/c1-4-33-21(32)24-9-14(24)16(17-18(24)35-23(2,3)34-17)31-11-28-15-19(29-22(26)30-20(15)31)27-10-12-6-5-7-13(25)8-12/h5-8,11,14,16-18H,4,9-10H2,1-3H3,(H,27,29,30)/t14-,16-,17+,18+,24+/m1/s1. The summed E-state index contributed by atoms with van der Waals surface area (Å²) in [6.45, 7) is 6.42. The molecule has 5 atom stereocenters. The number of nitrogens with one attached hydrogen (secondary N) is 1. The number of imidazole rings is 1. The SMILES string of the molecule is CCOC(=O)[C@@]12C[C@@H]1[C@@H](n1cnc3c(NCc4cccc(Br)c4)nc(Cl)nc31)[C@@H]1OC(C)(C)O[C@@H]12. The Morgan fingerprint density at radius 2 is 2.17 bits per heavy atom. The lowest BCUT2D eigenvalue weighted by Crippen LogP contribution is -2.36. The summed E-state index contributed by atoms with van der Waals surface area (Å²) in [6, 6.07) is 7.82. The van der Waals surface area contributed by atoms with Crippen molar-refractivity contribution in [2.45, 2.75) is 57.8 Å². The third kappa shape index (κ3) is 3.64. The topological polar surface area (TPSA) is 100 Å². The first-order valence-corrected chi connectivity index (χ1v) is 12.8. The van der Waals surface area contributed by atoms with E-state index >= 15 is 0 Å². The van der Waals surface area contributed by atoms with Crippen LogP contribution in [0.15, 0.2) is 35.1 Å². The third-order valence-corrected chi connectivity index (χ3v) is 7.83. The second-order valence-corrected chi connectivity index (χ2v) is 11.0. The molecule has 184 valence electrons. The molecular weight excluding hydrogens is 538 g/mol. The average molecular weight is 563 g/mol. The van der Waals surface area contributed by atoms with Gasteiger partial charge < -0.3 is 24.1 Å². The number of anilines is 1. The van der Waals surface area contributed by atoms with E-state index in [-0.39, 0.29) is 29.3 Å². The van der Waals surface area contributed by atoms with Gasteiger partial charge in [0.2, 0.25) is 5.28 Å². The van der Waals surface area contributed by atoms with Gasteiger partial charge >= 0.3 is 5.97 Å². The monoisotopic (exact) mass is 561 g/mol. The smallest absolute Gasteiger partial charge is 0.315 e. The van der Waals surface area contributed by atoms with Crippen molar-refractivity contribution in [3.63, 3.8) is 0 Å². The van der Waals surface area contributed by atoms with E-state index in [0.29, 0.717) is 36.6 Å². The lowest BCUT2D eigenvalue weighted by molar-refractivity contribution is -0.172. The van der Waals surface area contributed by atoms with E-state index in [1.165, 1.54) is 0 Å². The first-order valence-electron chi connectivity index (χ1n) is 11.6. The van der Waals surface area contributed by atoms with Crippen molar-refractivity contribution in [2.24, 2.45) is 11.3 Å². The van der Waals surface area contributed by atoms with Crippen molar-refractivity contribution in [3.8, 4) is 0 Å². The molecule has 0 spiro atoms. The number of benzene rings is 1. The quantitative estimate of drug-likeness (QED) is 0.346. The first kappa shape index (κ1) is 23.1. The number of aromatic nitrogens is 4. The molecule has 2 aliphatic carbocycles. The van der Waals surface area contributed by atoms with Gasteiger partial charge in [0.15, 0.2) is 22.8 Å². The van der Waals surface area contributed by atoms with E-state index in [4.69, 9.17) is 25.8 Å². The number of hydrogen-bond acceptors (Lipinski definition) is 8. The van der Waals surface area contributed by atoms with Crippen molar-refractivity contribution in [3.05, 3.63) is 45.9 Å². The minimum atomic E-state index is -0.805. The number of halogens is 2. The zero-order valence-electron chi connectivity index (χ0n) is 19.5. The fraction of sp³-hybridized carbons (Fsp3) is 0.500. The molecule has 11 heteroatoms. The largest absolute Gasteiger partial charge is 0.465 e. The fourth-order valence-electron chi connectivity index (χ4n) is 5.76. The predicted octanol–water partition coefficient (Wildman–Crippen LogP) is 4.50. The van der Waals surface area contributed by atoms with Crippen LogP contribution in [-0.2, 0) is 25.5 Å². The van der Waals surface area contributed by atoms with Gasteiger partial charge in [0.05, 0.1) is 19.0 Å². The van der Waals surface area contributed by atoms with Crippen molar-refractivity contribution in [2.75, 3.05) is 11.9 Å². The van der Waals surface area contributed by atoms with Gasteiger partial charge in [-0.3, -0.25) is 4.79 Å². The molecule has 3 aromatic rings. The molecule has 2 saturated carbocycles. The molecule has 1 aromatic carbocycles. The highest BCUT2D eigenvalue weighted by molar-refractivity contribution is 9.10. The highest BCUT2D eigenvalue weighted by Crippen LogP contribution is 2.72. The van der Waals surface area contributed by atoms with Crippen molar-refractivity contribution in [1.29, 1.82) is 0 Å². The maximum atomic E-state index is 13.1. The number of rotatable bonds is 6. The van der Waals surface area contributed by atoms with Crippen molar-refractivity contribution < 1.29 is 19.0 Å². The van der Waals surface area contributed by atoms with Gasteiger partial charge in [0.25, 0.3) is 0 Å². The number of ether oxygens (including phenoxy) is 3. The Kier molecular flexibility index (Phi) is 5.37. The Bertz CT molecular complexity index is 1330. The summed E-state index contributed by atoms with van der Waals surface area (Å²) in [5, 5.41) is 3.45. The van der Waals surface area contributed by atoms with Gasteiger partial charge in [-0.2, -0.15) is 9.97 Å². The Hall–Kier alpha value is -2.27. The molecule has 1 N–H and O–H groups in total. The van der Waals surface area contributed by atoms with Gasteiger partial charge in [-0.25, -0.2) is 4.98 Å². The summed E-state index contributed by atoms with van der Waals surface area (Å²) in [5.74, 6) is -0.487. The van der Waals surface area contributed by atoms with Crippen LogP contribution in [0.5, 0.6) is 0 Å². The van der Waals surface area contributed by atoms with Crippen LogP contribution in [0.2, 0.25) is 5.28 Å². The van der Waals surface area contributed by atoms with E-state index in [9.17, 15) is 4.79 Å². The van der Waals surface area contributed by atoms with Crippen LogP contribution < -0.4 is 5.32 Å². The maximum absolute atomic E-state index is 13.1. The summed E-state index contributed by atoms with van der Waals surface area (Å²) in [5.41, 5.74) is 1.56. The molecule has 0 bridgehead atoms. The van der Waals surface area contributed by atoms with E-state index < -0.39 is 17.3 Å². The number of esters is 1. The fourth-order valence-corrected chi connectivity index (χ4v) is 6.37. The first-order chi connectivity index (χ1) is 16.7. The van der Waals surface area contributed by atoms with Gasteiger partial charge in [-0.05, 0) is 56.5 Å². The lowest BCUT2D eigenvalue weighted by Gasteiger charge is -2.24. The highest BCUT2D eigenvalue weighted by atomic mass is 79.9. The van der Waals surface area contributed by atoms with E-state index in [1.54, 1.807) is 6.33 Å². The molecule has 1 saturated heterocycles. The molecular formula is C24H25BrClN5O4. The van der Waals surface area contributed by atoms with E-state index in [1.807, 2.05) is 49.6 Å². The van der Waals surface area contributed by atoms with Gasteiger partial charge in [0.1, 0.15) is 17.6 Å². The Morgan fingerprint density at radius 3 is 2.94 bits per heavy atom. The zero-order chi connectivity index (χ0) is 24.5. The summed E-state index contributed by atoms with van der Waals surface area (Å²) >= 11 is 9.85. The van der Waals surface area contributed by atoms with Crippen LogP contribution in [-0.4, -0.2) is 50.1 Å². The highest BCUT2D eigenvalue weighted by Gasteiger charge is 2.80. The van der Waals surface area contributed by atoms with Gasteiger partial charge in [-0.1, -0.05) is 28.1 Å². The van der Waals surface area contributed by atoms with Gasteiger partial charge in [-0.15, -0.1) is 0 Å². The number of nitrogens with zero attached hydrogens (tertiary/aromatic N) is 4. The predicted molar refractivity (Wildman–Crippen MR) is 132 cm³/mol. The minimum absolute atomic E-state index is 0.00290. The van der Waals surface area contributed by atoms with E-state index in [0.717, 1.165) is 10.0 Å². The molecule has 0 radical (unpaired) electrons. The normalized spacial score (nSPS) is 30.2. The molecule has 3 fully saturated rings. The zero-order valence-corrected chi connectivity index (χ0v) is 21.8. The number of carbonyl (C=O) groups is 1. The summed E-state index contributed by atoms with van der Waals surface area (Å²) in [6.07, 6.45) is 1.67. The molecule has 0 amide bonds.